The molecule has 0 aliphatic carbocycles. The van der Waals surface area contributed by atoms with Crippen molar-refractivity contribution in [3.8, 4) is 0 Å². The highest BCUT2D eigenvalue weighted by Crippen LogP contribution is 2.26. The van der Waals surface area contributed by atoms with Crippen LogP contribution in [0.3, 0.4) is 0 Å². The molecule has 148 valence electrons. The largest absolute Gasteiger partial charge is 0.322 e. The number of carbonyl (C=O) groups excluding carboxylic acids is 1. The van der Waals surface area contributed by atoms with Crippen LogP contribution in [0.25, 0.3) is 0 Å². The van der Waals surface area contributed by atoms with Gasteiger partial charge in [-0.05, 0) is 68.2 Å². The van der Waals surface area contributed by atoms with Crippen LogP contribution in [0, 0.1) is 0 Å². The Morgan fingerprint density at radius 2 is 1.64 bits per heavy atom. The van der Waals surface area contributed by atoms with E-state index in [1.807, 2.05) is 24.3 Å². The van der Waals surface area contributed by atoms with Crippen molar-refractivity contribution in [3.63, 3.8) is 0 Å². The van der Waals surface area contributed by atoms with E-state index in [1.54, 1.807) is 24.3 Å². The van der Waals surface area contributed by atoms with Crippen LogP contribution in [0.4, 0.5) is 11.4 Å². The molecule has 1 amide bonds. The van der Waals surface area contributed by atoms with Gasteiger partial charge in [0, 0.05) is 24.3 Å². The zero-order valence-corrected chi connectivity index (χ0v) is 16.6. The molecule has 1 N–H and O–H groups in total. The number of anilines is 2. The third-order valence-corrected chi connectivity index (χ3v) is 7.24. The number of nitrogens with zero attached hydrogens (tertiary/aromatic N) is 2. The maximum absolute atomic E-state index is 12.8. The first kappa shape index (κ1) is 19.0. The molecule has 2 aliphatic rings. The summed E-state index contributed by atoms with van der Waals surface area (Å²) in [4.78, 5) is 15.2. The minimum absolute atomic E-state index is 0.142. The van der Waals surface area contributed by atoms with Crippen molar-refractivity contribution in [1.82, 2.24) is 4.90 Å². The van der Waals surface area contributed by atoms with Gasteiger partial charge >= 0.3 is 0 Å². The Kier molecular flexibility index (Phi) is 5.37. The van der Waals surface area contributed by atoms with Gasteiger partial charge in [0.2, 0.25) is 10.0 Å². The van der Waals surface area contributed by atoms with Crippen molar-refractivity contribution in [3.05, 3.63) is 59.7 Å². The molecule has 0 unspecified atom stereocenters. The summed E-state index contributed by atoms with van der Waals surface area (Å²) in [5.41, 5.74) is 3.01. The summed E-state index contributed by atoms with van der Waals surface area (Å²) in [5.74, 6) is 0.0515. The number of rotatable bonds is 5. The molecule has 2 aromatic carbocycles. The number of likely N-dealkylation sites (tertiary alicyclic amines) is 1. The Morgan fingerprint density at radius 1 is 0.929 bits per heavy atom. The number of sulfonamides is 1. The summed E-state index contributed by atoms with van der Waals surface area (Å²) < 4.78 is 25.5. The number of benzene rings is 2. The first-order chi connectivity index (χ1) is 13.5. The van der Waals surface area contributed by atoms with E-state index < -0.39 is 10.0 Å². The predicted octanol–water partition coefficient (Wildman–Crippen LogP) is 3.07. The number of carbonyl (C=O) groups is 1. The van der Waals surface area contributed by atoms with Crippen LogP contribution >= 0.6 is 0 Å². The molecule has 7 heteroatoms. The van der Waals surface area contributed by atoms with E-state index in [-0.39, 0.29) is 11.7 Å². The van der Waals surface area contributed by atoms with Gasteiger partial charge in [-0.15, -0.1) is 0 Å². The van der Waals surface area contributed by atoms with Gasteiger partial charge in [0.1, 0.15) is 0 Å². The zero-order chi connectivity index (χ0) is 19.6. The van der Waals surface area contributed by atoms with E-state index in [2.05, 4.69) is 10.2 Å². The third-order valence-electron chi connectivity index (χ3n) is 5.37. The summed E-state index contributed by atoms with van der Waals surface area (Å²) in [6.07, 6.45) is 3.08. The maximum atomic E-state index is 12.8. The average molecular weight is 400 g/mol. The van der Waals surface area contributed by atoms with Gasteiger partial charge in [-0.25, -0.2) is 8.42 Å². The highest BCUT2D eigenvalue weighted by Gasteiger charge is 2.28. The molecule has 0 radical (unpaired) electrons. The highest BCUT2D eigenvalue weighted by molar-refractivity contribution is 7.93. The van der Waals surface area contributed by atoms with Crippen LogP contribution in [0.1, 0.15) is 35.2 Å². The summed E-state index contributed by atoms with van der Waals surface area (Å²) in [5, 5.41) is 2.94. The van der Waals surface area contributed by atoms with E-state index in [0.29, 0.717) is 29.9 Å². The Bertz CT molecular complexity index is 951. The molecule has 4 rings (SSSR count). The topological polar surface area (TPSA) is 69.7 Å². The van der Waals surface area contributed by atoms with Gasteiger partial charge in [0.25, 0.3) is 5.91 Å². The maximum Gasteiger partial charge on any atom is 0.255 e. The van der Waals surface area contributed by atoms with Crippen LogP contribution in [0.5, 0.6) is 0 Å². The first-order valence-corrected chi connectivity index (χ1v) is 11.4. The van der Waals surface area contributed by atoms with Gasteiger partial charge in [-0.2, -0.15) is 0 Å². The molecule has 28 heavy (non-hydrogen) atoms. The molecule has 0 bridgehead atoms. The molecule has 6 nitrogen and oxygen atoms in total. The Balaban J connectivity index is 1.47. The lowest BCUT2D eigenvalue weighted by Crippen LogP contribution is -2.25. The summed E-state index contributed by atoms with van der Waals surface area (Å²) >= 11 is 0. The Labute approximate surface area is 166 Å². The molecule has 2 heterocycles. The standard InChI is InChI=1S/C21H25N3O3S/c25-21(20-7-2-1-6-17(20)16-23-12-3-4-13-23)22-18-8-10-19(11-9-18)24-14-5-15-28(24,26)27/h1-2,6-11H,3-5,12-16H2,(H,22,25). The van der Waals surface area contributed by atoms with Crippen LogP contribution in [0.15, 0.2) is 48.5 Å². The normalized spacial score (nSPS) is 19.1. The zero-order valence-electron chi connectivity index (χ0n) is 15.8. The second-order valence-corrected chi connectivity index (χ2v) is 9.40. The van der Waals surface area contributed by atoms with Crippen molar-refractivity contribution >= 4 is 27.3 Å². The van der Waals surface area contributed by atoms with E-state index in [9.17, 15) is 13.2 Å². The van der Waals surface area contributed by atoms with Crippen molar-refractivity contribution in [2.45, 2.75) is 25.8 Å². The lowest BCUT2D eigenvalue weighted by molar-refractivity contribution is 0.102. The minimum Gasteiger partial charge on any atom is -0.322 e. The predicted molar refractivity (Wildman–Crippen MR) is 111 cm³/mol. The van der Waals surface area contributed by atoms with Gasteiger partial charge in [-0.1, -0.05) is 18.2 Å². The summed E-state index contributed by atoms with van der Waals surface area (Å²) in [6, 6.07) is 14.7. The lowest BCUT2D eigenvalue weighted by atomic mass is 10.1. The molecule has 0 atom stereocenters. The molecule has 0 spiro atoms. The quantitative estimate of drug-likeness (QED) is 0.839. The van der Waals surface area contributed by atoms with Crippen LogP contribution in [-0.2, 0) is 16.6 Å². The second-order valence-electron chi connectivity index (χ2n) is 7.38. The van der Waals surface area contributed by atoms with Gasteiger partial charge in [0.05, 0.1) is 11.4 Å². The molecule has 2 fully saturated rings. The molecule has 0 saturated carbocycles. The molecule has 2 saturated heterocycles. The molecular formula is C21H25N3O3S. The Hall–Kier alpha value is -2.38. The SMILES string of the molecule is O=C(Nc1ccc(N2CCCS2(=O)=O)cc1)c1ccccc1CN1CCCC1. The number of amides is 1. The van der Waals surface area contributed by atoms with Crippen molar-refractivity contribution in [2.24, 2.45) is 0 Å². The fourth-order valence-corrected chi connectivity index (χ4v) is 5.46. The van der Waals surface area contributed by atoms with Crippen LogP contribution in [0.2, 0.25) is 0 Å². The van der Waals surface area contributed by atoms with E-state index in [1.165, 1.54) is 17.1 Å². The minimum atomic E-state index is -3.19. The summed E-state index contributed by atoms with van der Waals surface area (Å²) in [6.45, 7) is 3.46. The van der Waals surface area contributed by atoms with Crippen molar-refractivity contribution < 1.29 is 13.2 Å². The van der Waals surface area contributed by atoms with E-state index in [0.717, 1.165) is 25.2 Å². The summed E-state index contributed by atoms with van der Waals surface area (Å²) in [7, 11) is -3.19. The molecule has 0 aromatic heterocycles. The highest BCUT2D eigenvalue weighted by atomic mass is 32.2. The lowest BCUT2D eigenvalue weighted by Gasteiger charge is -2.18. The fourth-order valence-electron chi connectivity index (χ4n) is 3.90. The van der Waals surface area contributed by atoms with Crippen LogP contribution in [-0.4, -0.2) is 44.6 Å². The Morgan fingerprint density at radius 3 is 2.32 bits per heavy atom. The smallest absolute Gasteiger partial charge is 0.255 e. The van der Waals surface area contributed by atoms with Crippen molar-refractivity contribution in [1.29, 1.82) is 0 Å². The second kappa shape index (κ2) is 7.93. The van der Waals surface area contributed by atoms with Gasteiger partial charge in [0.15, 0.2) is 0 Å². The number of nitrogens with one attached hydrogen (secondary N) is 1. The number of hydrogen-bond donors (Lipinski definition) is 1. The first-order valence-electron chi connectivity index (χ1n) is 9.75. The number of hydrogen-bond acceptors (Lipinski definition) is 4. The molecular weight excluding hydrogens is 374 g/mol. The monoisotopic (exact) mass is 399 g/mol. The van der Waals surface area contributed by atoms with Gasteiger partial charge < -0.3 is 5.32 Å². The van der Waals surface area contributed by atoms with E-state index in [4.69, 9.17) is 0 Å². The van der Waals surface area contributed by atoms with E-state index >= 15 is 0 Å². The van der Waals surface area contributed by atoms with Crippen molar-refractivity contribution in [2.75, 3.05) is 35.0 Å². The molecule has 2 aromatic rings. The third kappa shape index (κ3) is 4.05. The fraction of sp³-hybridized carbons (Fsp3) is 0.381. The average Bonchev–Trinajstić information content (AvgIpc) is 3.32. The molecule has 2 aliphatic heterocycles. The van der Waals surface area contributed by atoms with Crippen LogP contribution < -0.4 is 9.62 Å². The van der Waals surface area contributed by atoms with Gasteiger partial charge in [-0.3, -0.25) is 14.0 Å².